The zero-order valence-corrected chi connectivity index (χ0v) is 8.36. The molecule has 0 atom stereocenters. The Labute approximate surface area is 77.8 Å². The number of hydrogen-bond acceptors (Lipinski definition) is 3. The van der Waals surface area contributed by atoms with Crippen LogP contribution in [-0.4, -0.2) is 4.98 Å². The molecule has 1 aromatic rings. The Kier molecular flexibility index (Phi) is 4.25. The lowest BCUT2D eigenvalue weighted by molar-refractivity contribution is 0.722. The van der Waals surface area contributed by atoms with Gasteiger partial charge in [-0.3, -0.25) is 0 Å². The minimum absolute atomic E-state index is 0.582. The maximum absolute atomic E-state index is 5.47. The lowest BCUT2D eigenvalue weighted by Crippen LogP contribution is -1.93. The number of thiazole rings is 1. The van der Waals surface area contributed by atoms with E-state index in [0.717, 1.165) is 5.01 Å². The van der Waals surface area contributed by atoms with E-state index in [9.17, 15) is 0 Å². The third-order valence-electron chi connectivity index (χ3n) is 1.80. The Balaban J connectivity index is 2.31. The van der Waals surface area contributed by atoms with E-state index < -0.39 is 0 Å². The highest BCUT2D eigenvalue weighted by Crippen LogP contribution is 2.15. The van der Waals surface area contributed by atoms with Gasteiger partial charge >= 0.3 is 0 Å². The number of hydrogen-bond donors (Lipinski definition) is 1. The summed E-state index contributed by atoms with van der Waals surface area (Å²) in [5, 5.41) is 1.06. The third kappa shape index (κ3) is 2.91. The smallest absolute Gasteiger partial charge is 0.106 e. The first-order valence-corrected chi connectivity index (χ1v) is 5.32. The van der Waals surface area contributed by atoms with Crippen LogP contribution in [0.25, 0.3) is 0 Å². The Bertz CT molecular complexity index is 220. The molecule has 0 unspecified atom stereocenters. The predicted octanol–water partition coefficient (Wildman–Crippen LogP) is 2.33. The molecule has 0 bridgehead atoms. The molecule has 0 fully saturated rings. The second-order valence-corrected chi connectivity index (χ2v) is 4.08. The van der Waals surface area contributed by atoms with Gasteiger partial charge in [-0.05, 0) is 12.8 Å². The van der Waals surface area contributed by atoms with Crippen LogP contribution in [0.3, 0.4) is 0 Å². The number of rotatable bonds is 5. The second kappa shape index (κ2) is 5.27. The SMILES string of the molecule is CCCCCc1cnc(CN)s1. The maximum atomic E-state index is 5.47. The van der Waals surface area contributed by atoms with Gasteiger partial charge in [-0.2, -0.15) is 0 Å². The minimum Gasteiger partial charge on any atom is -0.325 e. The molecular weight excluding hydrogens is 168 g/mol. The van der Waals surface area contributed by atoms with Crippen LogP contribution in [0.5, 0.6) is 0 Å². The second-order valence-electron chi connectivity index (χ2n) is 2.88. The van der Waals surface area contributed by atoms with E-state index in [4.69, 9.17) is 5.73 Å². The van der Waals surface area contributed by atoms with E-state index in [2.05, 4.69) is 11.9 Å². The largest absolute Gasteiger partial charge is 0.325 e. The minimum atomic E-state index is 0.582. The molecule has 0 spiro atoms. The van der Waals surface area contributed by atoms with Crippen molar-refractivity contribution in [3.8, 4) is 0 Å². The van der Waals surface area contributed by atoms with Crippen molar-refractivity contribution in [2.75, 3.05) is 0 Å². The summed E-state index contributed by atoms with van der Waals surface area (Å²) < 4.78 is 0. The lowest BCUT2D eigenvalue weighted by Gasteiger charge is -1.93. The van der Waals surface area contributed by atoms with E-state index in [-0.39, 0.29) is 0 Å². The van der Waals surface area contributed by atoms with Crippen molar-refractivity contribution in [2.24, 2.45) is 5.73 Å². The normalized spacial score (nSPS) is 10.5. The zero-order valence-electron chi connectivity index (χ0n) is 7.55. The molecule has 1 rings (SSSR count). The Hall–Kier alpha value is -0.410. The number of unbranched alkanes of at least 4 members (excludes halogenated alkanes) is 2. The maximum Gasteiger partial charge on any atom is 0.106 e. The van der Waals surface area contributed by atoms with Crippen LogP contribution >= 0.6 is 11.3 Å². The molecule has 0 radical (unpaired) electrons. The van der Waals surface area contributed by atoms with E-state index >= 15 is 0 Å². The Morgan fingerprint density at radius 1 is 1.50 bits per heavy atom. The summed E-state index contributed by atoms with van der Waals surface area (Å²) >= 11 is 1.75. The molecule has 0 aliphatic heterocycles. The number of nitrogens with zero attached hydrogens (tertiary/aromatic N) is 1. The molecular formula is C9H16N2S. The predicted molar refractivity (Wildman–Crippen MR) is 53.2 cm³/mol. The van der Waals surface area contributed by atoms with Crippen molar-refractivity contribution in [3.63, 3.8) is 0 Å². The van der Waals surface area contributed by atoms with E-state index in [0.29, 0.717) is 6.54 Å². The average Bonchev–Trinajstić information content (AvgIpc) is 2.53. The van der Waals surface area contributed by atoms with Crippen LogP contribution in [0.4, 0.5) is 0 Å². The van der Waals surface area contributed by atoms with Crippen LogP contribution in [0.15, 0.2) is 6.20 Å². The van der Waals surface area contributed by atoms with Crippen molar-refractivity contribution in [2.45, 2.75) is 39.2 Å². The van der Waals surface area contributed by atoms with E-state index in [1.807, 2.05) is 6.20 Å². The van der Waals surface area contributed by atoms with Gasteiger partial charge < -0.3 is 5.73 Å². The fourth-order valence-electron chi connectivity index (χ4n) is 1.11. The molecule has 0 saturated heterocycles. The fraction of sp³-hybridized carbons (Fsp3) is 0.667. The van der Waals surface area contributed by atoms with Gasteiger partial charge in [-0.1, -0.05) is 19.8 Å². The first kappa shape index (κ1) is 9.68. The van der Waals surface area contributed by atoms with E-state index in [1.165, 1.54) is 30.6 Å². The third-order valence-corrected chi connectivity index (χ3v) is 2.88. The van der Waals surface area contributed by atoms with Crippen molar-refractivity contribution in [1.29, 1.82) is 0 Å². The summed E-state index contributed by atoms with van der Waals surface area (Å²) in [4.78, 5) is 5.59. The fourth-order valence-corrected chi connectivity index (χ4v) is 1.95. The monoisotopic (exact) mass is 184 g/mol. The van der Waals surface area contributed by atoms with Gasteiger partial charge in [0.2, 0.25) is 0 Å². The number of nitrogens with two attached hydrogens (primary N) is 1. The van der Waals surface area contributed by atoms with Crippen molar-refractivity contribution in [3.05, 3.63) is 16.1 Å². The van der Waals surface area contributed by atoms with Gasteiger partial charge in [0.15, 0.2) is 0 Å². The van der Waals surface area contributed by atoms with Gasteiger partial charge in [-0.15, -0.1) is 11.3 Å². The first-order chi connectivity index (χ1) is 5.86. The Morgan fingerprint density at radius 2 is 2.33 bits per heavy atom. The topological polar surface area (TPSA) is 38.9 Å². The van der Waals surface area contributed by atoms with Crippen LogP contribution in [0.2, 0.25) is 0 Å². The molecule has 1 aromatic heterocycles. The van der Waals surface area contributed by atoms with Crippen molar-refractivity contribution in [1.82, 2.24) is 4.98 Å². The van der Waals surface area contributed by atoms with Gasteiger partial charge in [0, 0.05) is 17.6 Å². The zero-order chi connectivity index (χ0) is 8.81. The highest BCUT2D eigenvalue weighted by atomic mass is 32.1. The summed E-state index contributed by atoms with van der Waals surface area (Å²) in [5.74, 6) is 0. The molecule has 2 nitrogen and oxygen atoms in total. The van der Waals surface area contributed by atoms with Crippen LogP contribution in [-0.2, 0) is 13.0 Å². The highest BCUT2D eigenvalue weighted by molar-refractivity contribution is 7.11. The molecule has 1 heterocycles. The van der Waals surface area contributed by atoms with Gasteiger partial charge in [0.1, 0.15) is 5.01 Å². The van der Waals surface area contributed by atoms with Crippen LogP contribution < -0.4 is 5.73 Å². The summed E-state index contributed by atoms with van der Waals surface area (Å²) in [6, 6.07) is 0. The van der Waals surface area contributed by atoms with Gasteiger partial charge in [-0.25, -0.2) is 4.98 Å². The van der Waals surface area contributed by atoms with E-state index in [1.54, 1.807) is 11.3 Å². The molecule has 0 aliphatic rings. The standard InChI is InChI=1S/C9H16N2S/c1-2-3-4-5-8-7-11-9(6-10)12-8/h7H,2-6,10H2,1H3. The molecule has 3 heteroatoms. The highest BCUT2D eigenvalue weighted by Gasteiger charge is 1.98. The molecule has 0 aromatic carbocycles. The lowest BCUT2D eigenvalue weighted by atomic mass is 10.2. The summed E-state index contributed by atoms with van der Waals surface area (Å²) in [5.41, 5.74) is 5.47. The van der Waals surface area contributed by atoms with Crippen LogP contribution in [0, 0.1) is 0 Å². The molecule has 0 aliphatic carbocycles. The van der Waals surface area contributed by atoms with Crippen LogP contribution in [0.1, 0.15) is 36.1 Å². The molecule has 0 saturated carbocycles. The molecule has 12 heavy (non-hydrogen) atoms. The summed E-state index contributed by atoms with van der Waals surface area (Å²) in [6.45, 7) is 2.80. The number of aryl methyl sites for hydroxylation is 1. The first-order valence-electron chi connectivity index (χ1n) is 4.50. The van der Waals surface area contributed by atoms with Crippen molar-refractivity contribution < 1.29 is 0 Å². The molecule has 0 amide bonds. The quantitative estimate of drug-likeness (QED) is 0.713. The summed E-state index contributed by atoms with van der Waals surface area (Å²) in [6.07, 6.45) is 7.01. The average molecular weight is 184 g/mol. The Morgan fingerprint density at radius 3 is 2.92 bits per heavy atom. The number of aromatic nitrogens is 1. The summed E-state index contributed by atoms with van der Waals surface area (Å²) in [7, 11) is 0. The van der Waals surface area contributed by atoms with Gasteiger partial charge in [0.25, 0.3) is 0 Å². The van der Waals surface area contributed by atoms with Crippen molar-refractivity contribution >= 4 is 11.3 Å². The van der Waals surface area contributed by atoms with Gasteiger partial charge in [0.05, 0.1) is 0 Å². The molecule has 2 N–H and O–H groups in total. The molecule has 68 valence electrons.